The molecule has 20 heavy (non-hydrogen) atoms. The van der Waals surface area contributed by atoms with E-state index in [0.717, 1.165) is 0 Å². The molecule has 4 heteroatoms. The molecule has 2 aromatic carbocycles. The molecule has 0 saturated heterocycles. The molecule has 0 heterocycles. The SMILES string of the molecule is CC[C@@H](Oc1ccccc1)C(=O)Nc1ccccc1Cl. The second-order valence-electron chi connectivity index (χ2n) is 4.30. The Balaban J connectivity index is 2.04. The standard InChI is InChI=1S/C16H16ClNO2/c1-2-15(20-12-8-4-3-5-9-12)16(19)18-14-11-7-6-10-13(14)17/h3-11,15H,2H2,1H3,(H,18,19)/t15-/m1/s1. The van der Waals surface area contributed by atoms with Crippen LogP contribution in [0.2, 0.25) is 5.02 Å². The number of carbonyl (C=O) groups is 1. The summed E-state index contributed by atoms with van der Waals surface area (Å²) in [6.07, 6.45) is 0.0271. The number of carbonyl (C=O) groups excluding carboxylic acids is 1. The minimum absolute atomic E-state index is 0.204. The topological polar surface area (TPSA) is 38.3 Å². The van der Waals surface area contributed by atoms with Crippen molar-refractivity contribution in [2.75, 3.05) is 5.32 Å². The van der Waals surface area contributed by atoms with Gasteiger partial charge >= 0.3 is 0 Å². The average molecular weight is 290 g/mol. The van der Waals surface area contributed by atoms with Gasteiger partial charge in [0.15, 0.2) is 6.10 Å². The fraction of sp³-hybridized carbons (Fsp3) is 0.188. The van der Waals surface area contributed by atoms with Gasteiger partial charge in [0.05, 0.1) is 10.7 Å². The van der Waals surface area contributed by atoms with E-state index in [4.69, 9.17) is 16.3 Å². The van der Waals surface area contributed by atoms with Crippen molar-refractivity contribution in [2.45, 2.75) is 19.4 Å². The predicted molar refractivity (Wildman–Crippen MR) is 81.2 cm³/mol. The van der Waals surface area contributed by atoms with E-state index in [1.54, 1.807) is 12.1 Å². The molecule has 104 valence electrons. The van der Waals surface area contributed by atoms with Crippen LogP contribution in [0.25, 0.3) is 0 Å². The van der Waals surface area contributed by atoms with Gasteiger partial charge in [-0.1, -0.05) is 48.9 Å². The van der Waals surface area contributed by atoms with Crippen LogP contribution in [-0.4, -0.2) is 12.0 Å². The molecular formula is C16H16ClNO2. The number of para-hydroxylation sites is 2. The highest BCUT2D eigenvalue weighted by Crippen LogP contribution is 2.21. The van der Waals surface area contributed by atoms with Gasteiger partial charge in [-0.3, -0.25) is 4.79 Å². The Hall–Kier alpha value is -2.00. The number of hydrogen-bond donors (Lipinski definition) is 1. The summed E-state index contributed by atoms with van der Waals surface area (Å²) in [7, 11) is 0. The first-order valence-corrected chi connectivity index (χ1v) is 6.85. The van der Waals surface area contributed by atoms with Crippen LogP contribution in [0.4, 0.5) is 5.69 Å². The maximum Gasteiger partial charge on any atom is 0.265 e. The van der Waals surface area contributed by atoms with Gasteiger partial charge < -0.3 is 10.1 Å². The first-order valence-electron chi connectivity index (χ1n) is 6.47. The van der Waals surface area contributed by atoms with Crippen LogP contribution in [-0.2, 0) is 4.79 Å². The van der Waals surface area contributed by atoms with E-state index in [2.05, 4.69) is 5.32 Å². The molecule has 0 unspecified atom stereocenters. The first-order chi connectivity index (χ1) is 9.70. The summed E-state index contributed by atoms with van der Waals surface area (Å²) in [6.45, 7) is 1.90. The molecule has 1 N–H and O–H groups in total. The molecule has 0 fully saturated rings. The Morgan fingerprint density at radius 3 is 2.45 bits per heavy atom. The van der Waals surface area contributed by atoms with Crippen molar-refractivity contribution in [1.29, 1.82) is 0 Å². The van der Waals surface area contributed by atoms with E-state index < -0.39 is 6.10 Å². The number of amides is 1. The number of anilines is 1. The third-order valence-corrected chi connectivity index (χ3v) is 3.15. The molecule has 0 radical (unpaired) electrons. The molecule has 0 aliphatic rings. The summed E-state index contributed by atoms with van der Waals surface area (Å²) in [5, 5.41) is 3.30. The highest BCUT2D eigenvalue weighted by molar-refractivity contribution is 6.33. The number of halogens is 1. The zero-order valence-electron chi connectivity index (χ0n) is 11.2. The minimum Gasteiger partial charge on any atom is -0.481 e. The zero-order valence-corrected chi connectivity index (χ0v) is 11.9. The van der Waals surface area contributed by atoms with Crippen LogP contribution in [0.3, 0.4) is 0 Å². The normalized spacial score (nSPS) is 11.7. The Labute approximate surface area is 123 Å². The van der Waals surface area contributed by atoms with E-state index >= 15 is 0 Å². The van der Waals surface area contributed by atoms with Gasteiger partial charge in [0, 0.05) is 0 Å². The molecule has 0 aliphatic heterocycles. The molecule has 1 amide bonds. The quantitative estimate of drug-likeness (QED) is 0.898. The van der Waals surface area contributed by atoms with E-state index in [1.807, 2.05) is 49.4 Å². The Morgan fingerprint density at radius 1 is 1.15 bits per heavy atom. The highest BCUT2D eigenvalue weighted by Gasteiger charge is 2.19. The molecule has 1 atom stereocenters. The van der Waals surface area contributed by atoms with E-state index in [-0.39, 0.29) is 5.91 Å². The zero-order chi connectivity index (χ0) is 14.4. The van der Waals surface area contributed by atoms with Gasteiger partial charge in [0.1, 0.15) is 5.75 Å². The summed E-state index contributed by atoms with van der Waals surface area (Å²) in [5.41, 5.74) is 0.592. The minimum atomic E-state index is -0.548. The summed E-state index contributed by atoms with van der Waals surface area (Å²) >= 11 is 6.02. The average Bonchev–Trinajstić information content (AvgIpc) is 2.48. The number of nitrogens with one attached hydrogen (secondary N) is 1. The smallest absolute Gasteiger partial charge is 0.265 e. The van der Waals surface area contributed by atoms with Crippen LogP contribution in [0.5, 0.6) is 5.75 Å². The van der Waals surface area contributed by atoms with Crippen LogP contribution >= 0.6 is 11.6 Å². The van der Waals surface area contributed by atoms with Crippen molar-refractivity contribution in [2.24, 2.45) is 0 Å². The summed E-state index contributed by atoms with van der Waals surface area (Å²) in [5.74, 6) is 0.470. The van der Waals surface area contributed by atoms with Crippen molar-refractivity contribution in [3.63, 3.8) is 0 Å². The van der Waals surface area contributed by atoms with Crippen molar-refractivity contribution < 1.29 is 9.53 Å². The van der Waals surface area contributed by atoms with E-state index in [9.17, 15) is 4.79 Å². The summed E-state index contributed by atoms with van der Waals surface area (Å²) < 4.78 is 5.68. The van der Waals surface area contributed by atoms with Crippen LogP contribution in [0.1, 0.15) is 13.3 Å². The number of benzene rings is 2. The van der Waals surface area contributed by atoms with Gasteiger partial charge in [-0.2, -0.15) is 0 Å². The third kappa shape index (κ3) is 3.75. The predicted octanol–water partition coefficient (Wildman–Crippen LogP) is 4.14. The van der Waals surface area contributed by atoms with E-state index in [1.165, 1.54) is 0 Å². The molecule has 0 spiro atoms. The highest BCUT2D eigenvalue weighted by atomic mass is 35.5. The lowest BCUT2D eigenvalue weighted by atomic mass is 10.2. The molecule has 2 aromatic rings. The molecule has 0 bridgehead atoms. The van der Waals surface area contributed by atoms with Crippen molar-refractivity contribution >= 4 is 23.2 Å². The number of ether oxygens (including phenoxy) is 1. The fourth-order valence-corrected chi connectivity index (χ4v) is 1.94. The first kappa shape index (κ1) is 14.4. The monoisotopic (exact) mass is 289 g/mol. The van der Waals surface area contributed by atoms with Gasteiger partial charge in [-0.25, -0.2) is 0 Å². The summed E-state index contributed by atoms with van der Waals surface area (Å²) in [4.78, 5) is 12.2. The number of rotatable bonds is 5. The van der Waals surface area contributed by atoms with Crippen molar-refractivity contribution in [3.05, 3.63) is 59.6 Å². The maximum absolute atomic E-state index is 12.2. The largest absolute Gasteiger partial charge is 0.481 e. The lowest BCUT2D eigenvalue weighted by Crippen LogP contribution is -2.32. The lowest BCUT2D eigenvalue weighted by molar-refractivity contribution is -0.122. The fourth-order valence-electron chi connectivity index (χ4n) is 1.76. The van der Waals surface area contributed by atoms with Crippen LogP contribution in [0, 0.1) is 0 Å². The second kappa shape index (κ2) is 6.96. The maximum atomic E-state index is 12.2. The van der Waals surface area contributed by atoms with Crippen molar-refractivity contribution in [3.8, 4) is 5.75 Å². The van der Waals surface area contributed by atoms with Gasteiger partial charge in [0.25, 0.3) is 5.91 Å². The molecular weight excluding hydrogens is 274 g/mol. The van der Waals surface area contributed by atoms with Gasteiger partial charge in [-0.15, -0.1) is 0 Å². The Morgan fingerprint density at radius 2 is 1.80 bits per heavy atom. The molecule has 2 rings (SSSR count). The molecule has 0 aromatic heterocycles. The van der Waals surface area contributed by atoms with Gasteiger partial charge in [-0.05, 0) is 30.7 Å². The van der Waals surface area contributed by atoms with Crippen LogP contribution in [0.15, 0.2) is 54.6 Å². The second-order valence-corrected chi connectivity index (χ2v) is 4.70. The summed E-state index contributed by atoms with van der Waals surface area (Å²) in [6, 6.07) is 16.4. The van der Waals surface area contributed by atoms with Crippen molar-refractivity contribution in [1.82, 2.24) is 0 Å². The Bertz CT molecular complexity index is 572. The van der Waals surface area contributed by atoms with Gasteiger partial charge in [0.2, 0.25) is 0 Å². The molecule has 3 nitrogen and oxygen atoms in total. The van der Waals surface area contributed by atoms with Crippen LogP contribution < -0.4 is 10.1 Å². The lowest BCUT2D eigenvalue weighted by Gasteiger charge is -2.17. The number of hydrogen-bond acceptors (Lipinski definition) is 2. The Kier molecular flexibility index (Phi) is 5.02. The molecule has 0 saturated carbocycles. The third-order valence-electron chi connectivity index (χ3n) is 2.82. The molecule has 0 aliphatic carbocycles. The van der Waals surface area contributed by atoms with E-state index in [0.29, 0.717) is 22.9 Å².